The van der Waals surface area contributed by atoms with Gasteiger partial charge >= 0.3 is 5.97 Å². The van der Waals surface area contributed by atoms with E-state index in [1.54, 1.807) is 13.8 Å². The summed E-state index contributed by atoms with van der Waals surface area (Å²) in [5, 5.41) is -0.550. The molecule has 0 saturated carbocycles. The molecule has 0 rings (SSSR count). The van der Waals surface area contributed by atoms with E-state index in [0.29, 0.717) is 0 Å². The normalized spacial score (nSPS) is 12.9. The summed E-state index contributed by atoms with van der Waals surface area (Å²) in [5.41, 5.74) is 0. The zero-order valence-corrected chi connectivity index (χ0v) is 5.61. The Kier molecular flexibility index (Phi) is 3.61. The quantitative estimate of drug-likeness (QED) is 0.422. The van der Waals surface area contributed by atoms with Crippen LogP contribution in [0.3, 0.4) is 0 Å². The standard InChI is InChI=1S/C5H8ClO2/c1-3-8-5(7)4(2)6/h3-4H,1-2H3. The number of hydrogen-bond acceptors (Lipinski definition) is 2. The van der Waals surface area contributed by atoms with E-state index in [4.69, 9.17) is 11.6 Å². The number of hydrogen-bond donors (Lipinski definition) is 0. The molecule has 47 valence electrons. The topological polar surface area (TPSA) is 26.3 Å². The highest BCUT2D eigenvalue weighted by molar-refractivity contribution is 6.29. The van der Waals surface area contributed by atoms with Crippen molar-refractivity contribution in [2.75, 3.05) is 0 Å². The molecule has 2 nitrogen and oxygen atoms in total. The Labute approximate surface area is 53.8 Å². The molecule has 1 radical (unpaired) electrons. The van der Waals surface area contributed by atoms with Gasteiger partial charge in [0.05, 0.1) is 0 Å². The third-order valence-electron chi connectivity index (χ3n) is 0.559. The van der Waals surface area contributed by atoms with Gasteiger partial charge in [0, 0.05) is 0 Å². The van der Waals surface area contributed by atoms with Crippen LogP contribution in [-0.2, 0) is 9.53 Å². The fourth-order valence-corrected chi connectivity index (χ4v) is 0.261. The lowest BCUT2D eigenvalue weighted by molar-refractivity contribution is -0.139. The number of ether oxygens (including phenoxy) is 1. The van der Waals surface area contributed by atoms with Crippen LogP contribution in [0.5, 0.6) is 0 Å². The van der Waals surface area contributed by atoms with Crippen LogP contribution in [0.15, 0.2) is 0 Å². The van der Waals surface area contributed by atoms with E-state index >= 15 is 0 Å². The first-order valence-corrected chi connectivity index (χ1v) is 2.74. The van der Waals surface area contributed by atoms with Crippen molar-refractivity contribution in [2.24, 2.45) is 0 Å². The average molecular weight is 136 g/mol. The minimum Gasteiger partial charge on any atom is -0.458 e. The third-order valence-corrected chi connectivity index (χ3v) is 0.737. The molecular formula is C5H8ClO2. The molecule has 8 heavy (non-hydrogen) atoms. The summed E-state index contributed by atoms with van der Waals surface area (Å²) in [7, 11) is 0. The number of carbonyl (C=O) groups excluding carboxylic acids is 1. The second-order valence-electron chi connectivity index (χ2n) is 1.29. The van der Waals surface area contributed by atoms with Crippen LogP contribution in [0.2, 0.25) is 0 Å². The number of rotatable bonds is 2. The van der Waals surface area contributed by atoms with Crippen molar-refractivity contribution in [3.05, 3.63) is 6.61 Å². The van der Waals surface area contributed by atoms with Crippen molar-refractivity contribution in [2.45, 2.75) is 19.2 Å². The fourth-order valence-electron chi connectivity index (χ4n) is 0.210. The molecule has 1 atom stereocenters. The minimum absolute atomic E-state index is 0.408. The van der Waals surface area contributed by atoms with Crippen LogP contribution in [0.4, 0.5) is 0 Å². The van der Waals surface area contributed by atoms with Crippen LogP contribution in [0.1, 0.15) is 13.8 Å². The SMILES string of the molecule is C[CH]OC(=O)C(C)Cl. The smallest absolute Gasteiger partial charge is 0.324 e. The summed E-state index contributed by atoms with van der Waals surface area (Å²) in [4.78, 5) is 10.4. The van der Waals surface area contributed by atoms with Crippen molar-refractivity contribution >= 4 is 17.6 Å². The van der Waals surface area contributed by atoms with E-state index in [1.807, 2.05) is 0 Å². The number of halogens is 1. The molecule has 0 fully saturated rings. The second-order valence-corrected chi connectivity index (χ2v) is 1.94. The molecular weight excluding hydrogens is 128 g/mol. The second kappa shape index (κ2) is 3.72. The summed E-state index contributed by atoms with van der Waals surface area (Å²) >= 11 is 5.31. The van der Waals surface area contributed by atoms with Crippen molar-refractivity contribution in [1.82, 2.24) is 0 Å². The molecule has 0 N–H and O–H groups in total. The van der Waals surface area contributed by atoms with E-state index < -0.39 is 11.3 Å². The number of alkyl halides is 1. The molecule has 0 amide bonds. The average Bonchev–Trinajstić information content (AvgIpc) is 1.67. The van der Waals surface area contributed by atoms with Gasteiger partial charge in [0.1, 0.15) is 12.0 Å². The Hall–Kier alpha value is -0.240. The van der Waals surface area contributed by atoms with Crippen LogP contribution in [0.25, 0.3) is 0 Å². The molecule has 1 unspecified atom stereocenters. The van der Waals surface area contributed by atoms with Crippen molar-refractivity contribution in [1.29, 1.82) is 0 Å². The molecule has 0 saturated heterocycles. The number of esters is 1. The molecule has 0 aromatic heterocycles. The van der Waals surface area contributed by atoms with E-state index in [1.165, 1.54) is 6.61 Å². The third kappa shape index (κ3) is 2.86. The highest BCUT2D eigenvalue weighted by Crippen LogP contribution is 1.96. The monoisotopic (exact) mass is 135 g/mol. The highest BCUT2D eigenvalue weighted by Gasteiger charge is 2.07. The van der Waals surface area contributed by atoms with Crippen LogP contribution in [0, 0.1) is 6.61 Å². The van der Waals surface area contributed by atoms with Gasteiger partial charge in [-0.25, -0.2) is 0 Å². The molecule has 0 aliphatic rings. The van der Waals surface area contributed by atoms with Gasteiger partial charge in [-0.2, -0.15) is 0 Å². The van der Waals surface area contributed by atoms with Crippen molar-refractivity contribution < 1.29 is 9.53 Å². The maximum Gasteiger partial charge on any atom is 0.324 e. The summed E-state index contributed by atoms with van der Waals surface area (Å²) in [5.74, 6) is -0.408. The van der Waals surface area contributed by atoms with Crippen molar-refractivity contribution in [3.8, 4) is 0 Å². The Bertz CT molecular complexity index is 80.5. The molecule has 0 aliphatic heterocycles. The van der Waals surface area contributed by atoms with Crippen molar-refractivity contribution in [3.63, 3.8) is 0 Å². The molecule has 3 heteroatoms. The first-order chi connectivity index (χ1) is 3.68. The first kappa shape index (κ1) is 7.76. The van der Waals surface area contributed by atoms with Crippen LogP contribution in [-0.4, -0.2) is 11.3 Å². The predicted molar refractivity (Wildman–Crippen MR) is 31.4 cm³/mol. The van der Waals surface area contributed by atoms with Crippen LogP contribution < -0.4 is 0 Å². The predicted octanol–water partition coefficient (Wildman–Crippen LogP) is 1.34. The molecule has 0 heterocycles. The molecule has 0 aromatic rings. The van der Waals surface area contributed by atoms with Gasteiger partial charge in [0.25, 0.3) is 0 Å². The van der Waals surface area contributed by atoms with Crippen LogP contribution >= 0.6 is 11.6 Å². The van der Waals surface area contributed by atoms with Gasteiger partial charge in [-0.1, -0.05) is 0 Å². The van der Waals surface area contributed by atoms with E-state index in [2.05, 4.69) is 4.74 Å². The van der Waals surface area contributed by atoms with Gasteiger partial charge in [0.2, 0.25) is 0 Å². The summed E-state index contributed by atoms with van der Waals surface area (Å²) < 4.78 is 4.41. The number of carbonyl (C=O) groups is 1. The van der Waals surface area contributed by atoms with E-state index in [0.717, 1.165) is 0 Å². The molecule has 0 spiro atoms. The van der Waals surface area contributed by atoms with E-state index in [-0.39, 0.29) is 0 Å². The summed E-state index contributed by atoms with van der Waals surface area (Å²) in [6.45, 7) is 4.49. The van der Waals surface area contributed by atoms with Gasteiger partial charge in [-0.3, -0.25) is 4.79 Å². The first-order valence-electron chi connectivity index (χ1n) is 2.31. The largest absolute Gasteiger partial charge is 0.458 e. The van der Waals surface area contributed by atoms with Gasteiger partial charge in [-0.15, -0.1) is 11.6 Å². The van der Waals surface area contributed by atoms with Gasteiger partial charge in [0.15, 0.2) is 0 Å². The maximum absolute atomic E-state index is 10.4. The minimum atomic E-state index is -0.550. The van der Waals surface area contributed by atoms with Gasteiger partial charge in [-0.05, 0) is 13.8 Å². The Morgan fingerprint density at radius 1 is 1.88 bits per heavy atom. The lowest BCUT2D eigenvalue weighted by Crippen LogP contribution is -2.11. The fraction of sp³-hybridized carbons (Fsp3) is 0.600. The highest BCUT2D eigenvalue weighted by atomic mass is 35.5. The molecule has 0 aromatic carbocycles. The van der Waals surface area contributed by atoms with Gasteiger partial charge < -0.3 is 4.74 Å². The zero-order valence-electron chi connectivity index (χ0n) is 4.85. The Balaban J connectivity index is 3.33. The lowest BCUT2D eigenvalue weighted by Gasteiger charge is -1.99. The summed E-state index contributed by atoms with van der Waals surface area (Å²) in [6, 6.07) is 0. The lowest BCUT2D eigenvalue weighted by atomic mass is 10.5. The summed E-state index contributed by atoms with van der Waals surface area (Å²) in [6.07, 6.45) is 0. The molecule has 0 aliphatic carbocycles. The molecule has 0 bridgehead atoms. The Morgan fingerprint density at radius 2 is 2.38 bits per heavy atom. The van der Waals surface area contributed by atoms with E-state index in [9.17, 15) is 4.79 Å². The maximum atomic E-state index is 10.4. The Morgan fingerprint density at radius 3 is 2.50 bits per heavy atom. The zero-order chi connectivity index (χ0) is 6.57.